The molecule has 0 aromatic carbocycles. The fourth-order valence-electron chi connectivity index (χ4n) is 1.99. The fraction of sp³-hybridized carbons (Fsp3) is 0.600. The lowest BCUT2D eigenvalue weighted by Gasteiger charge is -2.15. The molecule has 0 bridgehead atoms. The second kappa shape index (κ2) is 8.95. The quantitative estimate of drug-likeness (QED) is 0.703. The summed E-state index contributed by atoms with van der Waals surface area (Å²) in [5, 5.41) is 6.16. The van der Waals surface area contributed by atoms with Crippen LogP contribution < -0.4 is 10.6 Å². The second-order valence-electron chi connectivity index (χ2n) is 4.95. The Kier molecular flexibility index (Phi) is 7.59. The first-order chi connectivity index (χ1) is 9.58. The van der Waals surface area contributed by atoms with E-state index in [0.717, 1.165) is 23.9 Å². The molecule has 5 heteroatoms. The highest BCUT2D eigenvalue weighted by molar-refractivity contribution is 9.10. The molecule has 1 aromatic rings. The molecule has 0 aliphatic heterocycles. The van der Waals surface area contributed by atoms with Crippen LogP contribution in [0.1, 0.15) is 56.8 Å². The third kappa shape index (κ3) is 5.49. The number of nitrogens with zero attached hydrogens (tertiary/aromatic N) is 1. The third-order valence-electron chi connectivity index (χ3n) is 3.06. The van der Waals surface area contributed by atoms with Gasteiger partial charge in [0, 0.05) is 23.3 Å². The van der Waals surface area contributed by atoms with Crippen molar-refractivity contribution in [1.82, 2.24) is 10.3 Å². The van der Waals surface area contributed by atoms with E-state index in [0.29, 0.717) is 11.4 Å². The predicted octanol–water partition coefficient (Wildman–Crippen LogP) is 3.97. The third-order valence-corrected chi connectivity index (χ3v) is 3.50. The summed E-state index contributed by atoms with van der Waals surface area (Å²) < 4.78 is 0.808. The molecule has 0 saturated heterocycles. The molecular formula is C15H24BrN3O. The minimum atomic E-state index is -0.0706. The number of halogens is 1. The summed E-state index contributed by atoms with van der Waals surface area (Å²) in [7, 11) is 0. The van der Waals surface area contributed by atoms with Gasteiger partial charge in [-0.25, -0.2) is 4.98 Å². The number of carbonyl (C=O) groups is 1. The zero-order valence-electron chi connectivity index (χ0n) is 12.5. The number of pyridine rings is 1. The molecule has 0 radical (unpaired) electrons. The normalized spacial score (nSPS) is 12.0. The smallest absolute Gasteiger partial charge is 0.255 e. The Balaban J connectivity index is 2.68. The number of hydrogen-bond acceptors (Lipinski definition) is 3. The molecule has 0 aliphatic rings. The summed E-state index contributed by atoms with van der Waals surface area (Å²) in [6.07, 6.45) is 6.26. The molecule has 1 amide bonds. The van der Waals surface area contributed by atoms with Gasteiger partial charge in [-0.15, -0.1) is 0 Å². The van der Waals surface area contributed by atoms with Gasteiger partial charge in [-0.3, -0.25) is 4.79 Å². The summed E-state index contributed by atoms with van der Waals surface area (Å²) in [6, 6.07) is 1.99. The van der Waals surface area contributed by atoms with Gasteiger partial charge in [0.05, 0.1) is 5.56 Å². The van der Waals surface area contributed by atoms with Crippen LogP contribution in [-0.2, 0) is 0 Å². The molecule has 0 fully saturated rings. The molecule has 20 heavy (non-hydrogen) atoms. The maximum atomic E-state index is 12.3. The average molecular weight is 342 g/mol. The summed E-state index contributed by atoms with van der Waals surface area (Å²) in [5.41, 5.74) is 0.587. The maximum absolute atomic E-state index is 12.3. The Morgan fingerprint density at radius 1 is 1.40 bits per heavy atom. The highest BCUT2D eigenvalue weighted by Crippen LogP contribution is 2.18. The Morgan fingerprint density at radius 2 is 2.15 bits per heavy atom. The Hall–Kier alpha value is -1.10. The lowest BCUT2D eigenvalue weighted by Crippen LogP contribution is -2.33. The SMILES string of the molecule is CCCCCC(C)NC(=O)c1cc(Br)cnc1NCC. The van der Waals surface area contributed by atoms with Crippen molar-refractivity contribution in [3.63, 3.8) is 0 Å². The molecule has 112 valence electrons. The van der Waals surface area contributed by atoms with Crippen LogP contribution in [0.25, 0.3) is 0 Å². The first-order valence-corrected chi connectivity index (χ1v) is 8.08. The molecule has 1 heterocycles. The summed E-state index contributed by atoms with van der Waals surface area (Å²) >= 11 is 3.36. The van der Waals surface area contributed by atoms with Gasteiger partial charge >= 0.3 is 0 Å². The van der Waals surface area contributed by atoms with Crippen LogP contribution in [0.2, 0.25) is 0 Å². The number of nitrogens with one attached hydrogen (secondary N) is 2. The van der Waals surface area contributed by atoms with Gasteiger partial charge < -0.3 is 10.6 Å². The van der Waals surface area contributed by atoms with Crippen LogP contribution in [0.3, 0.4) is 0 Å². The molecule has 1 rings (SSSR count). The van der Waals surface area contributed by atoms with Crippen LogP contribution in [0.15, 0.2) is 16.7 Å². The van der Waals surface area contributed by atoms with Gasteiger partial charge in [0.15, 0.2) is 0 Å². The molecule has 0 aliphatic carbocycles. The van der Waals surface area contributed by atoms with E-state index in [9.17, 15) is 4.79 Å². The van der Waals surface area contributed by atoms with Gasteiger partial charge in [-0.1, -0.05) is 26.2 Å². The summed E-state index contributed by atoms with van der Waals surface area (Å²) in [4.78, 5) is 16.6. The molecule has 1 aromatic heterocycles. The van der Waals surface area contributed by atoms with Crippen LogP contribution in [0.4, 0.5) is 5.82 Å². The van der Waals surface area contributed by atoms with E-state index in [2.05, 4.69) is 38.5 Å². The second-order valence-corrected chi connectivity index (χ2v) is 5.87. The maximum Gasteiger partial charge on any atom is 0.255 e. The van der Waals surface area contributed by atoms with Crippen molar-refractivity contribution in [2.45, 2.75) is 52.5 Å². The number of anilines is 1. The van der Waals surface area contributed by atoms with Gasteiger partial charge in [-0.2, -0.15) is 0 Å². The molecule has 2 N–H and O–H groups in total. The molecule has 1 atom stereocenters. The van der Waals surface area contributed by atoms with Crippen molar-refractivity contribution in [3.05, 3.63) is 22.3 Å². The van der Waals surface area contributed by atoms with Crippen LogP contribution in [-0.4, -0.2) is 23.5 Å². The lowest BCUT2D eigenvalue weighted by molar-refractivity contribution is 0.0938. The minimum Gasteiger partial charge on any atom is -0.370 e. The van der Waals surface area contributed by atoms with Gasteiger partial charge in [0.2, 0.25) is 0 Å². The van der Waals surface area contributed by atoms with Crippen molar-refractivity contribution in [2.24, 2.45) is 0 Å². The molecule has 4 nitrogen and oxygen atoms in total. The molecule has 0 spiro atoms. The van der Waals surface area contributed by atoms with E-state index < -0.39 is 0 Å². The summed E-state index contributed by atoms with van der Waals surface area (Å²) in [6.45, 7) is 6.95. The zero-order chi connectivity index (χ0) is 15.0. The molecule has 0 saturated carbocycles. The Morgan fingerprint density at radius 3 is 2.80 bits per heavy atom. The van der Waals surface area contributed by atoms with Crippen LogP contribution in [0, 0.1) is 0 Å². The first-order valence-electron chi connectivity index (χ1n) is 7.28. The van der Waals surface area contributed by atoms with Crippen LogP contribution >= 0.6 is 15.9 Å². The van der Waals surface area contributed by atoms with E-state index in [4.69, 9.17) is 0 Å². The number of carbonyl (C=O) groups excluding carboxylic acids is 1. The monoisotopic (exact) mass is 341 g/mol. The minimum absolute atomic E-state index is 0.0706. The van der Waals surface area contributed by atoms with E-state index in [1.165, 1.54) is 12.8 Å². The van der Waals surface area contributed by atoms with E-state index in [1.54, 1.807) is 12.3 Å². The number of unbranched alkanes of at least 4 members (excludes halogenated alkanes) is 2. The van der Waals surface area contributed by atoms with Crippen molar-refractivity contribution >= 4 is 27.7 Å². The molecule has 1 unspecified atom stereocenters. The first kappa shape index (κ1) is 17.0. The van der Waals surface area contributed by atoms with Crippen LogP contribution in [0.5, 0.6) is 0 Å². The predicted molar refractivity (Wildman–Crippen MR) is 87.2 cm³/mol. The summed E-state index contributed by atoms with van der Waals surface area (Å²) in [5.74, 6) is 0.563. The highest BCUT2D eigenvalue weighted by Gasteiger charge is 2.15. The standard InChI is InChI=1S/C15H24BrN3O/c1-4-6-7-8-11(3)19-15(20)13-9-12(16)10-18-14(13)17-5-2/h9-11H,4-8H2,1-3H3,(H,17,18)(H,19,20). The van der Waals surface area contributed by atoms with Gasteiger partial charge in [0.25, 0.3) is 5.91 Å². The lowest BCUT2D eigenvalue weighted by atomic mass is 10.1. The fourth-order valence-corrected chi connectivity index (χ4v) is 2.33. The number of aromatic nitrogens is 1. The van der Waals surface area contributed by atoms with Crippen molar-refractivity contribution in [3.8, 4) is 0 Å². The number of hydrogen-bond donors (Lipinski definition) is 2. The zero-order valence-corrected chi connectivity index (χ0v) is 14.1. The van der Waals surface area contributed by atoms with Gasteiger partial charge in [-0.05, 0) is 42.3 Å². The molecular weight excluding hydrogens is 318 g/mol. The van der Waals surface area contributed by atoms with Crippen molar-refractivity contribution in [2.75, 3.05) is 11.9 Å². The van der Waals surface area contributed by atoms with E-state index in [-0.39, 0.29) is 11.9 Å². The Bertz CT molecular complexity index is 437. The largest absolute Gasteiger partial charge is 0.370 e. The average Bonchev–Trinajstić information content (AvgIpc) is 2.41. The van der Waals surface area contributed by atoms with Crippen molar-refractivity contribution < 1.29 is 4.79 Å². The van der Waals surface area contributed by atoms with Crippen molar-refractivity contribution in [1.29, 1.82) is 0 Å². The number of rotatable bonds is 8. The van der Waals surface area contributed by atoms with Gasteiger partial charge in [0.1, 0.15) is 5.82 Å². The van der Waals surface area contributed by atoms with E-state index in [1.807, 2.05) is 13.8 Å². The Labute approximate surface area is 129 Å². The van der Waals surface area contributed by atoms with E-state index >= 15 is 0 Å². The topological polar surface area (TPSA) is 54.0 Å². The number of amides is 1. The highest BCUT2D eigenvalue weighted by atomic mass is 79.9.